The summed E-state index contributed by atoms with van der Waals surface area (Å²) in [6, 6.07) is 3.94. The number of anilines is 1. The molecule has 2 aromatic rings. The number of carboxylic acid groups (broad SMARTS) is 1. The van der Waals surface area contributed by atoms with Gasteiger partial charge in [-0.1, -0.05) is 0 Å². The van der Waals surface area contributed by atoms with Crippen molar-refractivity contribution in [1.29, 1.82) is 0 Å². The smallest absolute Gasteiger partial charge is 0.337 e. The first-order valence-electron chi connectivity index (χ1n) is 8.64. The fourth-order valence-corrected chi connectivity index (χ4v) is 4.71. The van der Waals surface area contributed by atoms with Gasteiger partial charge in [0.2, 0.25) is 10.0 Å². The molecule has 1 aliphatic heterocycles. The van der Waals surface area contributed by atoms with Crippen LogP contribution in [0.3, 0.4) is 0 Å². The number of carbonyl (C=O) groups is 2. The predicted molar refractivity (Wildman–Crippen MR) is 107 cm³/mol. The molecule has 0 saturated carbocycles. The zero-order valence-corrected chi connectivity index (χ0v) is 17.4. The molecule has 1 fully saturated rings. The molecule has 0 aliphatic carbocycles. The molecule has 0 spiro atoms. The van der Waals surface area contributed by atoms with Crippen molar-refractivity contribution >= 4 is 38.9 Å². The van der Waals surface area contributed by atoms with E-state index in [-0.39, 0.29) is 28.8 Å². The number of sulfonamides is 1. The first kappa shape index (κ1) is 20.3. The quantitative estimate of drug-likeness (QED) is 0.792. The summed E-state index contributed by atoms with van der Waals surface area (Å²) in [6.07, 6.45) is 2.64. The molecule has 2 heterocycles. The maximum Gasteiger partial charge on any atom is 0.337 e. The standard InChI is InChI=1S/C18H21N3O5S2/c1-11-10-27-16(19-11)15-5-4-8-21(15)17(22)12-6-7-14(13(9-12)18(23)24)20(2)28(3,25)26/h6-7,9-10,15H,4-5,8H2,1-3H3,(H,23,24)/t15-/m1/s1. The van der Waals surface area contributed by atoms with E-state index in [1.54, 1.807) is 4.90 Å². The number of amides is 1. The molecule has 10 heteroatoms. The van der Waals surface area contributed by atoms with Crippen molar-refractivity contribution in [3.05, 3.63) is 45.4 Å². The van der Waals surface area contributed by atoms with Crippen LogP contribution in [0.1, 0.15) is 50.3 Å². The fraction of sp³-hybridized carbons (Fsp3) is 0.389. The van der Waals surface area contributed by atoms with E-state index in [0.29, 0.717) is 6.54 Å². The number of likely N-dealkylation sites (tertiary alicyclic amines) is 1. The molecule has 1 aromatic carbocycles. The van der Waals surface area contributed by atoms with Crippen LogP contribution in [0.15, 0.2) is 23.6 Å². The van der Waals surface area contributed by atoms with Crippen LogP contribution >= 0.6 is 11.3 Å². The van der Waals surface area contributed by atoms with E-state index in [4.69, 9.17) is 0 Å². The molecule has 1 atom stereocenters. The van der Waals surface area contributed by atoms with Gasteiger partial charge >= 0.3 is 5.97 Å². The van der Waals surface area contributed by atoms with Gasteiger partial charge < -0.3 is 10.0 Å². The number of carbonyl (C=O) groups excluding carboxylic acids is 1. The minimum absolute atomic E-state index is 0.0140. The lowest BCUT2D eigenvalue weighted by Crippen LogP contribution is -2.31. The second kappa shape index (κ2) is 7.51. The second-order valence-corrected chi connectivity index (χ2v) is 9.65. The van der Waals surface area contributed by atoms with Crippen LogP contribution < -0.4 is 4.31 Å². The van der Waals surface area contributed by atoms with Gasteiger partial charge in [0.05, 0.1) is 23.5 Å². The Morgan fingerprint density at radius 1 is 1.36 bits per heavy atom. The largest absolute Gasteiger partial charge is 0.478 e. The predicted octanol–water partition coefficient (Wildman–Crippen LogP) is 2.52. The highest BCUT2D eigenvalue weighted by atomic mass is 32.2. The van der Waals surface area contributed by atoms with Crippen molar-refractivity contribution in [1.82, 2.24) is 9.88 Å². The van der Waals surface area contributed by atoms with Crippen LogP contribution in [0.2, 0.25) is 0 Å². The maximum atomic E-state index is 13.1. The van der Waals surface area contributed by atoms with Gasteiger partial charge in [0.25, 0.3) is 5.91 Å². The van der Waals surface area contributed by atoms with Crippen LogP contribution in [0.5, 0.6) is 0 Å². The molecule has 28 heavy (non-hydrogen) atoms. The van der Waals surface area contributed by atoms with Crippen LogP contribution in [0, 0.1) is 6.92 Å². The zero-order valence-electron chi connectivity index (χ0n) is 15.7. The molecule has 3 rings (SSSR count). The molecule has 1 saturated heterocycles. The average molecular weight is 424 g/mol. The van der Waals surface area contributed by atoms with E-state index in [2.05, 4.69) is 4.98 Å². The minimum Gasteiger partial charge on any atom is -0.478 e. The van der Waals surface area contributed by atoms with Crippen LogP contribution in [0.4, 0.5) is 5.69 Å². The third-order valence-corrected chi connectivity index (χ3v) is 7.00. The molecule has 0 radical (unpaired) electrons. The van der Waals surface area contributed by atoms with E-state index >= 15 is 0 Å². The summed E-state index contributed by atoms with van der Waals surface area (Å²) in [6.45, 7) is 2.47. The van der Waals surface area contributed by atoms with Gasteiger partial charge in [-0.25, -0.2) is 18.2 Å². The van der Waals surface area contributed by atoms with Crippen molar-refractivity contribution in [3.8, 4) is 0 Å². The first-order chi connectivity index (χ1) is 13.1. The number of carboxylic acids is 1. The molecular weight excluding hydrogens is 402 g/mol. The normalized spacial score (nSPS) is 17.0. The van der Waals surface area contributed by atoms with Gasteiger partial charge in [0.15, 0.2) is 0 Å². The van der Waals surface area contributed by atoms with Gasteiger partial charge in [-0.15, -0.1) is 11.3 Å². The summed E-state index contributed by atoms with van der Waals surface area (Å²) < 4.78 is 24.5. The molecule has 8 nitrogen and oxygen atoms in total. The Balaban J connectivity index is 1.96. The number of thiazole rings is 1. The highest BCUT2D eigenvalue weighted by molar-refractivity contribution is 7.92. The molecule has 150 valence electrons. The highest BCUT2D eigenvalue weighted by Gasteiger charge is 2.33. The highest BCUT2D eigenvalue weighted by Crippen LogP contribution is 2.35. The summed E-state index contributed by atoms with van der Waals surface area (Å²) in [5, 5.41) is 12.3. The number of nitrogens with zero attached hydrogens (tertiary/aromatic N) is 3. The Kier molecular flexibility index (Phi) is 5.44. The molecule has 0 bridgehead atoms. The van der Waals surface area contributed by atoms with E-state index in [1.807, 2.05) is 12.3 Å². The minimum atomic E-state index is -3.64. The monoisotopic (exact) mass is 423 g/mol. The SMILES string of the molecule is Cc1csc([C@H]2CCCN2C(=O)c2ccc(N(C)S(C)(=O)=O)c(C(=O)O)c2)n1. The molecule has 1 N–H and O–H groups in total. The number of aromatic carboxylic acids is 1. The Morgan fingerprint density at radius 3 is 2.64 bits per heavy atom. The molecule has 1 amide bonds. The lowest BCUT2D eigenvalue weighted by atomic mass is 10.1. The number of aryl methyl sites for hydroxylation is 1. The lowest BCUT2D eigenvalue weighted by Gasteiger charge is -2.24. The lowest BCUT2D eigenvalue weighted by molar-refractivity contribution is 0.0697. The van der Waals surface area contributed by atoms with Crippen molar-refractivity contribution < 1.29 is 23.1 Å². The van der Waals surface area contributed by atoms with E-state index in [0.717, 1.165) is 34.1 Å². The molecule has 0 unspecified atom stereocenters. The Labute approximate surface area is 167 Å². The van der Waals surface area contributed by atoms with Crippen molar-refractivity contribution in [3.63, 3.8) is 0 Å². The Bertz CT molecular complexity index is 1030. The number of hydrogen-bond donors (Lipinski definition) is 1. The Hall–Kier alpha value is -2.46. The van der Waals surface area contributed by atoms with Crippen molar-refractivity contribution in [2.75, 3.05) is 24.2 Å². The van der Waals surface area contributed by atoms with Crippen molar-refractivity contribution in [2.45, 2.75) is 25.8 Å². The number of aromatic nitrogens is 1. The maximum absolute atomic E-state index is 13.1. The van der Waals surface area contributed by atoms with E-state index in [9.17, 15) is 23.1 Å². The van der Waals surface area contributed by atoms with Gasteiger partial charge in [-0.05, 0) is 38.0 Å². The molecule has 1 aliphatic rings. The zero-order chi connectivity index (χ0) is 20.6. The van der Waals surface area contributed by atoms with Gasteiger partial charge in [0, 0.05) is 30.2 Å². The topological polar surface area (TPSA) is 108 Å². The molecule has 1 aromatic heterocycles. The third kappa shape index (κ3) is 3.88. The second-order valence-electron chi connectivity index (χ2n) is 6.75. The summed E-state index contributed by atoms with van der Waals surface area (Å²) in [7, 11) is -2.36. The fourth-order valence-electron chi connectivity index (χ4n) is 3.25. The van der Waals surface area contributed by atoms with Crippen molar-refractivity contribution in [2.24, 2.45) is 0 Å². The van der Waals surface area contributed by atoms with Gasteiger partial charge in [0.1, 0.15) is 5.01 Å². The summed E-state index contributed by atoms with van der Waals surface area (Å²) >= 11 is 1.51. The number of hydrogen-bond acceptors (Lipinski definition) is 6. The summed E-state index contributed by atoms with van der Waals surface area (Å²) in [5.41, 5.74) is 0.892. The van der Waals surface area contributed by atoms with Gasteiger partial charge in [-0.3, -0.25) is 9.10 Å². The number of rotatable bonds is 5. The van der Waals surface area contributed by atoms with Crippen LogP contribution in [-0.2, 0) is 10.0 Å². The van der Waals surface area contributed by atoms with Crippen LogP contribution in [-0.4, -0.2) is 55.1 Å². The number of benzene rings is 1. The third-order valence-electron chi connectivity index (χ3n) is 4.75. The van der Waals surface area contributed by atoms with E-state index in [1.165, 1.54) is 36.6 Å². The molecular formula is C18H21N3O5S2. The van der Waals surface area contributed by atoms with Crippen LogP contribution in [0.25, 0.3) is 0 Å². The summed E-state index contributed by atoms with van der Waals surface area (Å²) in [4.78, 5) is 30.9. The van der Waals surface area contributed by atoms with Gasteiger partial charge in [-0.2, -0.15) is 0 Å². The average Bonchev–Trinajstić information content (AvgIpc) is 3.27. The van der Waals surface area contributed by atoms with E-state index < -0.39 is 16.0 Å². The first-order valence-corrected chi connectivity index (χ1v) is 11.4. The Morgan fingerprint density at radius 2 is 2.07 bits per heavy atom. The summed E-state index contributed by atoms with van der Waals surface area (Å²) in [5.74, 6) is -1.58.